The van der Waals surface area contributed by atoms with Crippen LogP contribution in [0.2, 0.25) is 0 Å². The second-order valence-electron chi connectivity index (χ2n) is 7.20. The predicted molar refractivity (Wildman–Crippen MR) is 96.6 cm³/mol. The first-order chi connectivity index (χ1) is 11.8. The number of rotatable bonds is 4. The summed E-state index contributed by atoms with van der Waals surface area (Å²) in [7, 11) is -3.03. The lowest BCUT2D eigenvalue weighted by Gasteiger charge is -2.36. The number of nitrogens with one attached hydrogen (secondary N) is 1. The van der Waals surface area contributed by atoms with Gasteiger partial charge in [-0.25, -0.2) is 8.42 Å². The molecule has 8 heteroatoms. The van der Waals surface area contributed by atoms with Crippen LogP contribution in [0.4, 0.5) is 5.69 Å². The summed E-state index contributed by atoms with van der Waals surface area (Å²) in [4.78, 5) is 16.4. The van der Waals surface area contributed by atoms with E-state index >= 15 is 0 Å². The number of sulfone groups is 1. The SMILES string of the molecule is C[C@@]1(NC(=O)CN2CCN(c3ccccc3O)CC2)CCS(=O)(=O)C1. The Morgan fingerprint density at radius 2 is 1.92 bits per heavy atom. The summed E-state index contributed by atoms with van der Waals surface area (Å²) in [5.41, 5.74) is 0.170. The van der Waals surface area contributed by atoms with Crippen molar-refractivity contribution in [2.75, 3.05) is 49.1 Å². The van der Waals surface area contributed by atoms with E-state index in [1.807, 2.05) is 12.1 Å². The third kappa shape index (κ3) is 4.43. The van der Waals surface area contributed by atoms with Gasteiger partial charge in [-0.05, 0) is 25.5 Å². The number of para-hydroxylation sites is 2. The zero-order valence-corrected chi connectivity index (χ0v) is 15.3. The molecule has 0 spiro atoms. The normalized spacial score (nSPS) is 26.5. The Morgan fingerprint density at radius 3 is 2.52 bits per heavy atom. The van der Waals surface area contributed by atoms with Crippen molar-refractivity contribution in [3.05, 3.63) is 24.3 Å². The van der Waals surface area contributed by atoms with Crippen molar-refractivity contribution < 1.29 is 18.3 Å². The molecule has 0 aliphatic carbocycles. The quantitative estimate of drug-likeness (QED) is 0.791. The molecule has 1 amide bonds. The number of benzene rings is 1. The molecule has 2 aliphatic heterocycles. The van der Waals surface area contributed by atoms with Crippen molar-refractivity contribution in [1.29, 1.82) is 0 Å². The number of anilines is 1. The average Bonchev–Trinajstić information content (AvgIpc) is 2.81. The first-order valence-electron chi connectivity index (χ1n) is 8.53. The summed E-state index contributed by atoms with van der Waals surface area (Å²) in [6.45, 7) is 4.97. The molecule has 2 fully saturated rings. The summed E-state index contributed by atoms with van der Waals surface area (Å²) in [6, 6.07) is 7.25. The van der Waals surface area contributed by atoms with Gasteiger partial charge in [0.05, 0.1) is 29.3 Å². The van der Waals surface area contributed by atoms with Crippen LogP contribution < -0.4 is 10.2 Å². The molecule has 2 N–H and O–H groups in total. The summed E-state index contributed by atoms with van der Waals surface area (Å²) in [5.74, 6) is 0.301. The van der Waals surface area contributed by atoms with Gasteiger partial charge in [0.1, 0.15) is 5.75 Å². The molecule has 7 nitrogen and oxygen atoms in total. The van der Waals surface area contributed by atoms with Gasteiger partial charge in [-0.2, -0.15) is 0 Å². The van der Waals surface area contributed by atoms with Gasteiger partial charge < -0.3 is 15.3 Å². The van der Waals surface area contributed by atoms with Crippen LogP contribution in [0.3, 0.4) is 0 Å². The molecule has 1 atom stereocenters. The summed E-state index contributed by atoms with van der Waals surface area (Å²) in [6.07, 6.45) is 0.474. The Balaban J connectivity index is 1.49. The van der Waals surface area contributed by atoms with Gasteiger partial charge >= 0.3 is 0 Å². The molecule has 2 saturated heterocycles. The number of hydrogen-bond acceptors (Lipinski definition) is 6. The minimum Gasteiger partial charge on any atom is -0.506 e. The lowest BCUT2D eigenvalue weighted by Crippen LogP contribution is -2.53. The van der Waals surface area contributed by atoms with E-state index in [9.17, 15) is 18.3 Å². The van der Waals surface area contributed by atoms with E-state index in [1.165, 1.54) is 0 Å². The lowest BCUT2D eigenvalue weighted by atomic mass is 10.0. The molecule has 0 aromatic heterocycles. The topological polar surface area (TPSA) is 89.9 Å². The van der Waals surface area contributed by atoms with Crippen molar-refractivity contribution in [2.45, 2.75) is 18.9 Å². The number of nitrogens with zero attached hydrogens (tertiary/aromatic N) is 2. The Hall–Kier alpha value is -1.80. The number of aromatic hydroxyl groups is 1. The van der Waals surface area contributed by atoms with Gasteiger partial charge in [-0.15, -0.1) is 0 Å². The van der Waals surface area contributed by atoms with Crippen molar-refractivity contribution in [2.24, 2.45) is 0 Å². The molecule has 0 bridgehead atoms. The molecule has 2 heterocycles. The van der Waals surface area contributed by atoms with Gasteiger partial charge in [-0.1, -0.05) is 12.1 Å². The van der Waals surface area contributed by atoms with Gasteiger partial charge in [0.25, 0.3) is 0 Å². The first kappa shape index (κ1) is 18.0. The Morgan fingerprint density at radius 1 is 1.24 bits per heavy atom. The van der Waals surface area contributed by atoms with Crippen LogP contribution in [0.15, 0.2) is 24.3 Å². The highest BCUT2D eigenvalue weighted by atomic mass is 32.2. The summed E-state index contributed by atoms with van der Waals surface area (Å²) < 4.78 is 23.3. The fraction of sp³-hybridized carbons (Fsp3) is 0.588. The molecule has 0 unspecified atom stereocenters. The largest absolute Gasteiger partial charge is 0.506 e. The van der Waals surface area contributed by atoms with Crippen LogP contribution in [0.25, 0.3) is 0 Å². The maximum atomic E-state index is 12.3. The molecule has 1 aromatic carbocycles. The van der Waals surface area contributed by atoms with Crippen molar-refractivity contribution in [1.82, 2.24) is 10.2 Å². The molecule has 25 heavy (non-hydrogen) atoms. The number of carbonyl (C=O) groups is 1. The zero-order chi connectivity index (χ0) is 18.1. The standard InChI is InChI=1S/C17H25N3O4S/c1-17(6-11-25(23,24)13-17)18-16(22)12-19-7-9-20(10-8-19)14-4-2-3-5-15(14)21/h2-5,21H,6-13H2,1H3,(H,18,22)/t17-/m1/s1. The van der Waals surface area contributed by atoms with Crippen LogP contribution in [0.5, 0.6) is 5.75 Å². The van der Waals surface area contributed by atoms with Crippen molar-refractivity contribution in [3.63, 3.8) is 0 Å². The monoisotopic (exact) mass is 367 g/mol. The van der Waals surface area contributed by atoms with E-state index in [1.54, 1.807) is 19.1 Å². The predicted octanol–water partition coefficient (Wildman–Crippen LogP) is 0.208. The third-order valence-corrected chi connectivity index (χ3v) is 6.81. The molecule has 2 aliphatic rings. The molecule has 0 saturated carbocycles. The highest BCUT2D eigenvalue weighted by molar-refractivity contribution is 7.91. The molecular weight excluding hydrogens is 342 g/mol. The fourth-order valence-corrected chi connectivity index (χ4v) is 5.66. The van der Waals surface area contributed by atoms with Gasteiger partial charge in [0.15, 0.2) is 9.84 Å². The second-order valence-corrected chi connectivity index (χ2v) is 9.39. The minimum absolute atomic E-state index is 0.0206. The minimum atomic E-state index is -3.03. The van der Waals surface area contributed by atoms with Crippen LogP contribution in [0.1, 0.15) is 13.3 Å². The lowest BCUT2D eigenvalue weighted by molar-refractivity contribution is -0.123. The van der Waals surface area contributed by atoms with Crippen molar-refractivity contribution >= 4 is 21.4 Å². The van der Waals surface area contributed by atoms with Crippen LogP contribution in [-0.2, 0) is 14.6 Å². The molecule has 1 aromatic rings. The number of carbonyl (C=O) groups excluding carboxylic acids is 1. The highest BCUT2D eigenvalue weighted by Gasteiger charge is 2.39. The number of phenolic OH excluding ortho intramolecular Hbond substituents is 1. The molecule has 0 radical (unpaired) electrons. The Labute approximate surface area is 148 Å². The number of hydrogen-bond donors (Lipinski definition) is 2. The van der Waals surface area contributed by atoms with Gasteiger partial charge in [-0.3, -0.25) is 9.69 Å². The van der Waals surface area contributed by atoms with E-state index < -0.39 is 15.4 Å². The molecule has 3 rings (SSSR count). The third-order valence-electron chi connectivity index (χ3n) is 4.91. The van der Waals surface area contributed by atoms with Crippen molar-refractivity contribution in [3.8, 4) is 5.75 Å². The Bertz CT molecular complexity index is 744. The zero-order valence-electron chi connectivity index (χ0n) is 14.4. The van der Waals surface area contributed by atoms with Gasteiger partial charge in [0.2, 0.25) is 5.91 Å². The maximum absolute atomic E-state index is 12.3. The van der Waals surface area contributed by atoms with E-state index in [-0.39, 0.29) is 29.7 Å². The summed E-state index contributed by atoms with van der Waals surface area (Å²) in [5, 5.41) is 12.8. The average molecular weight is 367 g/mol. The Kier molecular flexibility index (Phi) is 4.92. The van der Waals surface area contributed by atoms with Gasteiger partial charge in [0, 0.05) is 26.2 Å². The summed E-state index contributed by atoms with van der Waals surface area (Å²) >= 11 is 0. The van der Waals surface area contributed by atoms with E-state index in [2.05, 4.69) is 15.1 Å². The van der Waals surface area contributed by atoms with Crippen LogP contribution >= 0.6 is 0 Å². The molecular formula is C17H25N3O4S. The van der Waals surface area contributed by atoms with E-state index in [0.29, 0.717) is 6.42 Å². The number of piperazine rings is 1. The van der Waals surface area contributed by atoms with E-state index in [0.717, 1.165) is 31.9 Å². The number of amides is 1. The van der Waals surface area contributed by atoms with E-state index in [4.69, 9.17) is 0 Å². The highest BCUT2D eigenvalue weighted by Crippen LogP contribution is 2.27. The first-order valence-corrected chi connectivity index (χ1v) is 10.4. The second kappa shape index (κ2) is 6.84. The fourth-order valence-electron chi connectivity index (χ4n) is 3.57. The number of phenols is 1. The van der Waals surface area contributed by atoms with Crippen LogP contribution in [-0.4, -0.2) is 74.1 Å². The maximum Gasteiger partial charge on any atom is 0.234 e. The van der Waals surface area contributed by atoms with Crippen LogP contribution in [0, 0.1) is 0 Å². The smallest absolute Gasteiger partial charge is 0.234 e. The molecule has 138 valence electrons.